The van der Waals surface area contributed by atoms with E-state index in [9.17, 15) is 0 Å². The molecule has 1 aromatic carbocycles. The number of aromatic nitrogens is 1. The third kappa shape index (κ3) is 6.50. The summed E-state index contributed by atoms with van der Waals surface area (Å²) in [5.41, 5.74) is 1.96. The second kappa shape index (κ2) is 12.1. The van der Waals surface area contributed by atoms with Crippen LogP contribution in [0.2, 0.25) is 0 Å². The van der Waals surface area contributed by atoms with Gasteiger partial charge >= 0.3 is 0 Å². The maximum absolute atomic E-state index is 5.67. The minimum Gasteiger partial charge on any atom is -0.493 e. The monoisotopic (exact) mass is 440 g/mol. The molecule has 0 amide bonds. The van der Waals surface area contributed by atoms with Gasteiger partial charge in [-0.25, -0.2) is 9.98 Å². The van der Waals surface area contributed by atoms with Crippen molar-refractivity contribution in [1.29, 1.82) is 0 Å². The molecule has 1 saturated heterocycles. The molecule has 0 spiro atoms. The Balaban J connectivity index is 1.63. The number of pyridine rings is 1. The van der Waals surface area contributed by atoms with Gasteiger partial charge in [0, 0.05) is 50.7 Å². The van der Waals surface area contributed by atoms with Crippen molar-refractivity contribution in [3.05, 3.63) is 42.1 Å². The van der Waals surface area contributed by atoms with Crippen molar-refractivity contribution in [2.75, 3.05) is 63.2 Å². The third-order valence-electron chi connectivity index (χ3n) is 5.44. The molecule has 2 aromatic rings. The molecule has 0 aliphatic carbocycles. The van der Waals surface area contributed by atoms with Crippen LogP contribution in [0.15, 0.2) is 41.5 Å². The predicted octanol–water partition coefficient (Wildman–Crippen LogP) is 3.21. The summed E-state index contributed by atoms with van der Waals surface area (Å²) in [5.74, 6) is 3.16. The van der Waals surface area contributed by atoms with Crippen molar-refractivity contribution in [2.45, 2.75) is 27.3 Å². The van der Waals surface area contributed by atoms with E-state index in [0.29, 0.717) is 30.6 Å². The Morgan fingerprint density at radius 3 is 2.50 bits per heavy atom. The van der Waals surface area contributed by atoms with Gasteiger partial charge < -0.3 is 29.9 Å². The lowest BCUT2D eigenvalue weighted by molar-refractivity contribution is 0.270. The van der Waals surface area contributed by atoms with Crippen molar-refractivity contribution in [1.82, 2.24) is 15.2 Å². The molecule has 8 nitrogen and oxygen atoms in total. The number of rotatable bonds is 9. The van der Waals surface area contributed by atoms with Gasteiger partial charge in [0.1, 0.15) is 5.82 Å². The topological polar surface area (TPSA) is 74.3 Å². The first-order chi connectivity index (χ1) is 15.7. The molecule has 3 rings (SSSR count). The lowest BCUT2D eigenvalue weighted by Crippen LogP contribution is -2.46. The van der Waals surface area contributed by atoms with Crippen LogP contribution in [0.1, 0.15) is 26.3 Å². The Labute approximate surface area is 191 Å². The number of anilines is 2. The Kier molecular flexibility index (Phi) is 8.98. The zero-order chi connectivity index (χ0) is 22.8. The van der Waals surface area contributed by atoms with E-state index in [-0.39, 0.29) is 0 Å². The zero-order valence-corrected chi connectivity index (χ0v) is 19.7. The highest BCUT2D eigenvalue weighted by Gasteiger charge is 2.16. The van der Waals surface area contributed by atoms with Gasteiger partial charge in [-0.2, -0.15) is 0 Å². The second-order valence-electron chi connectivity index (χ2n) is 7.56. The molecule has 32 heavy (non-hydrogen) atoms. The fraction of sp³-hybridized carbons (Fsp3) is 0.500. The third-order valence-corrected chi connectivity index (χ3v) is 5.44. The molecule has 2 N–H and O–H groups in total. The molecule has 0 saturated carbocycles. The number of hydrogen-bond donors (Lipinski definition) is 2. The summed E-state index contributed by atoms with van der Waals surface area (Å²) in [6.07, 6.45) is 1.93. The summed E-state index contributed by atoms with van der Waals surface area (Å²) in [6.45, 7) is 13.5. The largest absolute Gasteiger partial charge is 0.493 e. The first-order valence-corrected chi connectivity index (χ1v) is 11.4. The first kappa shape index (κ1) is 23.7. The van der Waals surface area contributed by atoms with E-state index < -0.39 is 0 Å². The molecular weight excluding hydrogens is 404 g/mol. The van der Waals surface area contributed by atoms with Gasteiger partial charge in [-0.15, -0.1) is 0 Å². The molecule has 0 atom stereocenters. The zero-order valence-electron chi connectivity index (χ0n) is 19.7. The van der Waals surface area contributed by atoms with Crippen molar-refractivity contribution in [2.24, 2.45) is 4.99 Å². The number of ether oxygens (including phenoxy) is 2. The van der Waals surface area contributed by atoms with Crippen molar-refractivity contribution in [3.8, 4) is 11.5 Å². The van der Waals surface area contributed by atoms with Crippen molar-refractivity contribution < 1.29 is 9.47 Å². The minimum atomic E-state index is 0.542. The fourth-order valence-electron chi connectivity index (χ4n) is 3.63. The summed E-state index contributed by atoms with van der Waals surface area (Å²) >= 11 is 0. The molecule has 1 aliphatic rings. The summed E-state index contributed by atoms with van der Waals surface area (Å²) in [5, 5.41) is 6.63. The highest BCUT2D eigenvalue weighted by atomic mass is 16.5. The smallest absolute Gasteiger partial charge is 0.196 e. The Bertz CT molecular complexity index is 863. The lowest BCUT2D eigenvalue weighted by atomic mass is 10.2. The number of piperazine rings is 1. The second-order valence-corrected chi connectivity index (χ2v) is 7.56. The van der Waals surface area contributed by atoms with Gasteiger partial charge in [-0.05, 0) is 44.2 Å². The van der Waals surface area contributed by atoms with Crippen LogP contribution in [0.4, 0.5) is 11.5 Å². The van der Waals surface area contributed by atoms with E-state index in [2.05, 4.69) is 44.5 Å². The number of guanidine groups is 1. The maximum Gasteiger partial charge on any atom is 0.196 e. The van der Waals surface area contributed by atoms with Crippen molar-refractivity contribution in [3.63, 3.8) is 0 Å². The number of methoxy groups -OCH3 is 1. The molecule has 8 heteroatoms. The van der Waals surface area contributed by atoms with E-state index in [0.717, 1.165) is 56.3 Å². The number of aliphatic imine (C=N–C) groups is 1. The molecule has 2 heterocycles. The fourth-order valence-corrected chi connectivity index (χ4v) is 3.63. The molecule has 1 aromatic heterocycles. The van der Waals surface area contributed by atoms with Crippen LogP contribution in [0, 0.1) is 0 Å². The highest BCUT2D eigenvalue weighted by molar-refractivity contribution is 5.93. The number of hydrogen-bond acceptors (Lipinski definition) is 6. The van der Waals surface area contributed by atoms with Gasteiger partial charge in [0.15, 0.2) is 17.5 Å². The Morgan fingerprint density at radius 1 is 1.06 bits per heavy atom. The average molecular weight is 441 g/mol. The molecule has 1 fully saturated rings. The van der Waals surface area contributed by atoms with E-state index >= 15 is 0 Å². The Hall–Kier alpha value is -3.00. The van der Waals surface area contributed by atoms with Crippen LogP contribution < -0.4 is 25.0 Å². The molecule has 0 bridgehead atoms. The SMILES string of the molecule is CCNC(=NCc1ccc(N2CCN(CC)CC2)nc1)Nc1ccc(OC)c(OCC)c1. The number of likely N-dealkylation sites (N-methyl/N-ethyl adjacent to an activating group) is 1. The molecule has 1 aliphatic heterocycles. The quantitative estimate of drug-likeness (QED) is 0.458. The normalized spacial score (nSPS) is 14.9. The summed E-state index contributed by atoms with van der Waals surface area (Å²) in [7, 11) is 1.64. The van der Waals surface area contributed by atoms with Gasteiger partial charge in [-0.3, -0.25) is 0 Å². The van der Waals surface area contributed by atoms with Crippen LogP contribution >= 0.6 is 0 Å². The lowest BCUT2D eigenvalue weighted by Gasteiger charge is -2.34. The highest BCUT2D eigenvalue weighted by Crippen LogP contribution is 2.30. The van der Waals surface area contributed by atoms with E-state index in [1.54, 1.807) is 7.11 Å². The molecule has 0 unspecified atom stereocenters. The van der Waals surface area contributed by atoms with Crippen molar-refractivity contribution >= 4 is 17.5 Å². The van der Waals surface area contributed by atoms with Gasteiger partial charge in [0.05, 0.1) is 20.3 Å². The first-order valence-electron chi connectivity index (χ1n) is 11.4. The summed E-state index contributed by atoms with van der Waals surface area (Å²) < 4.78 is 11.0. The predicted molar refractivity (Wildman–Crippen MR) is 131 cm³/mol. The molecule has 174 valence electrons. The number of benzene rings is 1. The van der Waals surface area contributed by atoms with Crippen LogP contribution in [-0.4, -0.2) is 68.8 Å². The van der Waals surface area contributed by atoms with Crippen LogP contribution in [0.25, 0.3) is 0 Å². The van der Waals surface area contributed by atoms with E-state index in [1.165, 1.54) is 0 Å². The van der Waals surface area contributed by atoms with E-state index in [1.807, 2.05) is 38.2 Å². The van der Waals surface area contributed by atoms with Gasteiger partial charge in [0.25, 0.3) is 0 Å². The number of nitrogens with zero attached hydrogens (tertiary/aromatic N) is 4. The molecular formula is C24H36N6O2. The standard InChI is InChI=1S/C24H36N6O2/c1-5-25-24(28-20-9-10-21(31-4)22(16-20)32-7-3)27-18-19-8-11-23(26-17-19)30-14-12-29(6-2)13-15-30/h8-11,16-17H,5-7,12-15,18H2,1-4H3,(H2,25,27,28). The van der Waals surface area contributed by atoms with Gasteiger partial charge in [0.2, 0.25) is 0 Å². The average Bonchev–Trinajstić information content (AvgIpc) is 2.83. The summed E-state index contributed by atoms with van der Waals surface area (Å²) in [4.78, 5) is 14.2. The number of nitrogens with one attached hydrogen (secondary N) is 2. The van der Waals surface area contributed by atoms with Crippen LogP contribution in [0.3, 0.4) is 0 Å². The van der Waals surface area contributed by atoms with E-state index in [4.69, 9.17) is 14.5 Å². The van der Waals surface area contributed by atoms with Crippen LogP contribution in [-0.2, 0) is 6.54 Å². The maximum atomic E-state index is 5.67. The Morgan fingerprint density at radius 2 is 1.88 bits per heavy atom. The molecule has 0 radical (unpaired) electrons. The summed E-state index contributed by atoms with van der Waals surface area (Å²) in [6, 6.07) is 9.97. The minimum absolute atomic E-state index is 0.542. The van der Waals surface area contributed by atoms with Gasteiger partial charge in [-0.1, -0.05) is 13.0 Å². The van der Waals surface area contributed by atoms with Crippen LogP contribution in [0.5, 0.6) is 11.5 Å².